The maximum absolute atomic E-state index is 12.9. The van der Waals surface area contributed by atoms with Crippen LogP contribution in [0.4, 0.5) is 8.78 Å². The average Bonchev–Trinajstić information content (AvgIpc) is 2.30. The first-order valence-corrected chi connectivity index (χ1v) is 6.81. The van der Waals surface area contributed by atoms with Crippen molar-refractivity contribution >= 4 is 17.7 Å². The number of carbonyl (C=O) groups is 1. The first kappa shape index (κ1) is 15.9. The Morgan fingerprint density at radius 1 is 1.32 bits per heavy atom. The minimum Gasteiger partial charge on any atom is -0.273 e. The van der Waals surface area contributed by atoms with Gasteiger partial charge in [0.05, 0.1) is 5.60 Å². The molecule has 0 spiro atoms. The fourth-order valence-electron chi connectivity index (χ4n) is 1.09. The third-order valence-electron chi connectivity index (χ3n) is 1.96. The molecule has 0 saturated heterocycles. The highest BCUT2D eigenvalue weighted by molar-refractivity contribution is 7.99. The molecule has 0 heterocycles. The number of hydrogen-bond acceptors (Lipinski definition) is 3. The van der Waals surface area contributed by atoms with Crippen LogP contribution in [-0.2, 0) is 9.63 Å². The molecule has 1 aromatic rings. The highest BCUT2D eigenvalue weighted by Crippen LogP contribution is 2.20. The number of hydrogen-bond donors (Lipinski definition) is 1. The van der Waals surface area contributed by atoms with Crippen LogP contribution < -0.4 is 5.48 Å². The molecule has 6 heteroatoms. The van der Waals surface area contributed by atoms with Crippen LogP contribution in [0.3, 0.4) is 0 Å². The van der Waals surface area contributed by atoms with Crippen LogP contribution in [0.25, 0.3) is 0 Å². The van der Waals surface area contributed by atoms with Crippen LogP contribution in [0.1, 0.15) is 27.2 Å². The van der Waals surface area contributed by atoms with E-state index in [-0.39, 0.29) is 12.3 Å². The topological polar surface area (TPSA) is 38.3 Å². The molecule has 1 rings (SSSR count). The smallest absolute Gasteiger partial charge is 0.244 e. The lowest BCUT2D eigenvalue weighted by molar-refractivity contribution is -0.145. The quantitative estimate of drug-likeness (QED) is 0.667. The summed E-state index contributed by atoms with van der Waals surface area (Å²) in [6.45, 7) is 5.47. The zero-order chi connectivity index (χ0) is 14.5. The zero-order valence-electron chi connectivity index (χ0n) is 11.1. The molecule has 0 bridgehead atoms. The summed E-state index contributed by atoms with van der Waals surface area (Å²) in [5.74, 6) is -1.54. The van der Waals surface area contributed by atoms with Gasteiger partial charge < -0.3 is 0 Å². The van der Waals surface area contributed by atoms with E-state index in [9.17, 15) is 13.6 Å². The van der Waals surface area contributed by atoms with E-state index in [4.69, 9.17) is 4.84 Å². The molecular weight excluding hydrogens is 272 g/mol. The Morgan fingerprint density at radius 3 is 2.58 bits per heavy atom. The van der Waals surface area contributed by atoms with Gasteiger partial charge in [0.25, 0.3) is 0 Å². The summed E-state index contributed by atoms with van der Waals surface area (Å²) >= 11 is 1.28. The third kappa shape index (κ3) is 6.54. The summed E-state index contributed by atoms with van der Waals surface area (Å²) < 4.78 is 25.6. The third-order valence-corrected chi connectivity index (χ3v) is 2.96. The van der Waals surface area contributed by atoms with Gasteiger partial charge in [-0.15, -0.1) is 11.8 Å². The molecule has 1 aromatic carbocycles. The van der Waals surface area contributed by atoms with Crippen molar-refractivity contribution in [3.63, 3.8) is 0 Å². The lowest BCUT2D eigenvalue weighted by Crippen LogP contribution is -2.33. The van der Waals surface area contributed by atoms with Crippen molar-refractivity contribution in [2.24, 2.45) is 0 Å². The van der Waals surface area contributed by atoms with E-state index in [2.05, 4.69) is 5.48 Å². The maximum Gasteiger partial charge on any atom is 0.244 e. The molecule has 19 heavy (non-hydrogen) atoms. The number of carbonyl (C=O) groups excluding carboxylic acids is 1. The number of amides is 1. The largest absolute Gasteiger partial charge is 0.273 e. The van der Waals surface area contributed by atoms with Crippen LogP contribution in [0.5, 0.6) is 0 Å². The number of rotatable bonds is 5. The van der Waals surface area contributed by atoms with Crippen LogP contribution in [0, 0.1) is 11.6 Å². The average molecular weight is 289 g/mol. The highest BCUT2D eigenvalue weighted by Gasteiger charge is 2.12. The Balaban J connectivity index is 2.30. The van der Waals surface area contributed by atoms with Crippen LogP contribution in [0.2, 0.25) is 0 Å². The van der Waals surface area contributed by atoms with Gasteiger partial charge in [0.1, 0.15) is 0 Å². The van der Waals surface area contributed by atoms with Gasteiger partial charge in [-0.1, -0.05) is 0 Å². The molecule has 3 nitrogen and oxygen atoms in total. The molecule has 1 amide bonds. The molecular formula is C13H17F2NO2S. The van der Waals surface area contributed by atoms with Gasteiger partial charge in [-0.05, 0) is 39.0 Å². The summed E-state index contributed by atoms with van der Waals surface area (Å²) in [6, 6.07) is 3.66. The maximum atomic E-state index is 12.9. The molecule has 0 radical (unpaired) electrons. The van der Waals surface area contributed by atoms with Gasteiger partial charge in [-0.3, -0.25) is 9.63 Å². The Hall–Kier alpha value is -1.14. The normalized spacial score (nSPS) is 11.4. The molecule has 0 fully saturated rings. The first-order chi connectivity index (χ1) is 8.78. The number of benzene rings is 1. The Bertz CT molecular complexity index is 447. The van der Waals surface area contributed by atoms with Gasteiger partial charge in [0, 0.05) is 17.1 Å². The molecule has 106 valence electrons. The predicted molar refractivity (Wildman–Crippen MR) is 70.7 cm³/mol. The Morgan fingerprint density at radius 2 is 2.00 bits per heavy atom. The van der Waals surface area contributed by atoms with E-state index < -0.39 is 17.2 Å². The summed E-state index contributed by atoms with van der Waals surface area (Å²) in [4.78, 5) is 17.1. The minimum absolute atomic E-state index is 0.236. The molecule has 0 unspecified atom stereocenters. The van der Waals surface area contributed by atoms with Gasteiger partial charge in [0.2, 0.25) is 5.91 Å². The van der Waals surface area contributed by atoms with Crippen molar-refractivity contribution in [2.45, 2.75) is 37.7 Å². The molecule has 0 aliphatic rings. The predicted octanol–water partition coefficient (Wildman–Crippen LogP) is 3.29. The lowest BCUT2D eigenvalue weighted by Gasteiger charge is -2.18. The molecule has 0 aliphatic carbocycles. The fraction of sp³-hybridized carbons (Fsp3) is 0.462. The SMILES string of the molecule is CC(C)(C)ONC(=O)CCSc1ccc(F)c(F)c1. The van der Waals surface area contributed by atoms with Gasteiger partial charge in [-0.2, -0.15) is 0 Å². The van der Waals surface area contributed by atoms with Gasteiger partial charge in [0.15, 0.2) is 11.6 Å². The zero-order valence-corrected chi connectivity index (χ0v) is 11.9. The standard InChI is InChI=1S/C13H17F2NO2S/c1-13(2,3)18-16-12(17)6-7-19-9-4-5-10(14)11(15)8-9/h4-5,8H,6-7H2,1-3H3,(H,16,17). The Kier molecular flexibility index (Phi) is 5.75. The first-order valence-electron chi connectivity index (χ1n) is 5.82. The van der Waals surface area contributed by atoms with E-state index in [1.807, 2.05) is 20.8 Å². The van der Waals surface area contributed by atoms with Crippen molar-refractivity contribution < 1.29 is 18.4 Å². The lowest BCUT2D eigenvalue weighted by atomic mass is 10.2. The summed E-state index contributed by atoms with van der Waals surface area (Å²) in [7, 11) is 0. The number of halogens is 2. The summed E-state index contributed by atoms with van der Waals surface area (Å²) in [6.07, 6.45) is 0.236. The Labute approximate surface area is 115 Å². The summed E-state index contributed by atoms with van der Waals surface area (Å²) in [5, 5.41) is 0. The number of thioether (sulfide) groups is 1. The second kappa shape index (κ2) is 6.86. The van der Waals surface area contributed by atoms with Crippen molar-refractivity contribution in [1.82, 2.24) is 5.48 Å². The second-order valence-corrected chi connectivity index (χ2v) is 6.08. The van der Waals surface area contributed by atoms with Crippen molar-refractivity contribution in [2.75, 3.05) is 5.75 Å². The molecule has 1 N–H and O–H groups in total. The van der Waals surface area contributed by atoms with Crippen molar-refractivity contribution in [3.8, 4) is 0 Å². The summed E-state index contributed by atoms with van der Waals surface area (Å²) in [5.41, 5.74) is 1.90. The van der Waals surface area contributed by atoms with Crippen LogP contribution >= 0.6 is 11.8 Å². The molecule has 0 atom stereocenters. The van der Waals surface area contributed by atoms with Crippen LogP contribution in [0.15, 0.2) is 23.1 Å². The van der Waals surface area contributed by atoms with E-state index >= 15 is 0 Å². The minimum atomic E-state index is -0.884. The van der Waals surface area contributed by atoms with Gasteiger partial charge in [-0.25, -0.2) is 14.3 Å². The van der Waals surface area contributed by atoms with E-state index in [0.717, 1.165) is 12.1 Å². The van der Waals surface area contributed by atoms with Crippen molar-refractivity contribution in [1.29, 1.82) is 0 Å². The van der Waals surface area contributed by atoms with Crippen molar-refractivity contribution in [3.05, 3.63) is 29.8 Å². The molecule has 0 aromatic heterocycles. The van der Waals surface area contributed by atoms with E-state index in [1.165, 1.54) is 17.8 Å². The van der Waals surface area contributed by atoms with E-state index in [1.54, 1.807) is 0 Å². The second-order valence-electron chi connectivity index (χ2n) is 4.91. The number of nitrogens with one attached hydrogen (secondary N) is 1. The highest BCUT2D eigenvalue weighted by atomic mass is 32.2. The molecule has 0 saturated carbocycles. The van der Waals surface area contributed by atoms with Crippen LogP contribution in [-0.4, -0.2) is 17.3 Å². The fourth-order valence-corrected chi connectivity index (χ4v) is 1.96. The monoisotopic (exact) mass is 289 g/mol. The van der Waals surface area contributed by atoms with E-state index in [0.29, 0.717) is 10.6 Å². The van der Waals surface area contributed by atoms with Gasteiger partial charge >= 0.3 is 0 Å². The number of hydroxylamine groups is 1. The molecule has 0 aliphatic heterocycles.